The van der Waals surface area contributed by atoms with Crippen molar-refractivity contribution in [1.82, 2.24) is 9.78 Å². The maximum atomic E-state index is 11.2. The molecule has 0 saturated carbocycles. The Morgan fingerprint density at radius 2 is 2.05 bits per heavy atom. The first-order valence-corrected chi connectivity index (χ1v) is 7.16. The molecule has 0 saturated heterocycles. The van der Waals surface area contributed by atoms with E-state index in [4.69, 9.17) is 0 Å². The van der Waals surface area contributed by atoms with Crippen molar-refractivity contribution in [1.29, 1.82) is 0 Å². The number of rotatable bonds is 7. The van der Waals surface area contributed by atoms with E-state index in [9.17, 15) is 10.1 Å². The number of nitrogens with one attached hydrogen (secondary N) is 1. The van der Waals surface area contributed by atoms with Crippen LogP contribution in [0, 0.1) is 28.4 Å². The summed E-state index contributed by atoms with van der Waals surface area (Å²) in [6, 6.07) is 0. The molecular weight excluding hydrogens is 256 g/mol. The molecule has 0 fully saturated rings. The monoisotopic (exact) mass is 282 g/mol. The van der Waals surface area contributed by atoms with Crippen LogP contribution in [0.2, 0.25) is 0 Å². The van der Waals surface area contributed by atoms with Crippen molar-refractivity contribution in [2.24, 2.45) is 11.3 Å². The summed E-state index contributed by atoms with van der Waals surface area (Å²) in [7, 11) is 0. The number of nitrogens with zero attached hydrogens (tertiary/aromatic N) is 3. The van der Waals surface area contributed by atoms with Crippen molar-refractivity contribution in [3.8, 4) is 0 Å². The normalized spacial score (nSPS) is 11.9. The van der Waals surface area contributed by atoms with E-state index in [1.54, 1.807) is 11.6 Å². The highest BCUT2D eigenvalue weighted by Crippen LogP contribution is 2.31. The average molecular weight is 282 g/mol. The molecule has 0 spiro atoms. The SMILES string of the molecule is CCCn1nc(C)c([N+](=O)[O-])c1NCC(C)(C)C(C)C. The Kier molecular flexibility index (Phi) is 5.14. The van der Waals surface area contributed by atoms with Gasteiger partial charge in [0.1, 0.15) is 5.69 Å². The number of hydrogen-bond acceptors (Lipinski definition) is 4. The van der Waals surface area contributed by atoms with Gasteiger partial charge in [-0.2, -0.15) is 5.10 Å². The second-order valence-corrected chi connectivity index (χ2v) is 6.26. The van der Waals surface area contributed by atoms with Crippen LogP contribution in [0.15, 0.2) is 0 Å². The van der Waals surface area contributed by atoms with E-state index < -0.39 is 0 Å². The topological polar surface area (TPSA) is 73.0 Å². The minimum atomic E-state index is -0.348. The fourth-order valence-corrected chi connectivity index (χ4v) is 1.85. The summed E-state index contributed by atoms with van der Waals surface area (Å²) in [5.41, 5.74) is 0.620. The van der Waals surface area contributed by atoms with Gasteiger partial charge in [0.25, 0.3) is 0 Å². The number of anilines is 1. The summed E-state index contributed by atoms with van der Waals surface area (Å²) in [6.07, 6.45) is 0.889. The van der Waals surface area contributed by atoms with Crippen LogP contribution in [-0.2, 0) is 6.54 Å². The predicted molar refractivity (Wildman–Crippen MR) is 81.0 cm³/mol. The standard InChI is InChI=1S/C14H26N4O2/c1-7-8-17-13(12(18(19)20)11(4)16-17)15-9-14(5,6)10(2)3/h10,15H,7-9H2,1-6H3. The molecule has 1 aromatic heterocycles. The lowest BCUT2D eigenvalue weighted by atomic mass is 9.81. The van der Waals surface area contributed by atoms with Gasteiger partial charge < -0.3 is 5.32 Å². The molecule has 1 rings (SSSR count). The van der Waals surface area contributed by atoms with Crippen molar-refractivity contribution in [3.05, 3.63) is 15.8 Å². The summed E-state index contributed by atoms with van der Waals surface area (Å²) in [6.45, 7) is 13.7. The van der Waals surface area contributed by atoms with Gasteiger partial charge in [0.15, 0.2) is 0 Å². The molecule has 114 valence electrons. The minimum absolute atomic E-state index is 0.0586. The van der Waals surface area contributed by atoms with Crippen molar-refractivity contribution in [3.63, 3.8) is 0 Å². The first-order chi connectivity index (χ1) is 9.20. The summed E-state index contributed by atoms with van der Waals surface area (Å²) in [5, 5.41) is 18.8. The first kappa shape index (κ1) is 16.5. The molecular formula is C14H26N4O2. The fraction of sp³-hybridized carbons (Fsp3) is 0.786. The third kappa shape index (κ3) is 3.49. The molecule has 0 bridgehead atoms. The van der Waals surface area contributed by atoms with Gasteiger partial charge in [0.05, 0.1) is 4.92 Å². The van der Waals surface area contributed by atoms with E-state index in [1.165, 1.54) is 0 Å². The van der Waals surface area contributed by atoms with E-state index in [0.717, 1.165) is 6.42 Å². The van der Waals surface area contributed by atoms with Gasteiger partial charge in [-0.1, -0.05) is 34.6 Å². The van der Waals surface area contributed by atoms with Gasteiger partial charge in [-0.3, -0.25) is 10.1 Å². The fourth-order valence-electron chi connectivity index (χ4n) is 1.85. The van der Waals surface area contributed by atoms with Gasteiger partial charge in [-0.05, 0) is 24.7 Å². The lowest BCUT2D eigenvalue weighted by Crippen LogP contribution is -2.29. The van der Waals surface area contributed by atoms with Gasteiger partial charge in [0, 0.05) is 13.1 Å². The molecule has 1 heterocycles. The number of aromatic nitrogens is 2. The second kappa shape index (κ2) is 6.24. The molecule has 6 nitrogen and oxygen atoms in total. The summed E-state index contributed by atoms with van der Waals surface area (Å²) >= 11 is 0. The summed E-state index contributed by atoms with van der Waals surface area (Å²) in [5.74, 6) is 1.01. The Morgan fingerprint density at radius 3 is 2.50 bits per heavy atom. The van der Waals surface area contributed by atoms with Gasteiger partial charge in [-0.15, -0.1) is 0 Å². The maximum absolute atomic E-state index is 11.2. The molecule has 6 heteroatoms. The van der Waals surface area contributed by atoms with Crippen molar-refractivity contribution >= 4 is 11.5 Å². The third-order valence-electron chi connectivity index (χ3n) is 3.99. The average Bonchev–Trinajstić information content (AvgIpc) is 2.63. The van der Waals surface area contributed by atoms with Crippen LogP contribution in [-0.4, -0.2) is 21.2 Å². The van der Waals surface area contributed by atoms with E-state index in [-0.39, 0.29) is 16.0 Å². The highest BCUT2D eigenvalue weighted by atomic mass is 16.6. The zero-order chi connectivity index (χ0) is 15.5. The molecule has 1 N–H and O–H groups in total. The van der Waals surface area contributed by atoms with Crippen LogP contribution in [0.25, 0.3) is 0 Å². The largest absolute Gasteiger partial charge is 0.364 e. The highest BCUT2D eigenvalue weighted by molar-refractivity contribution is 5.59. The first-order valence-electron chi connectivity index (χ1n) is 7.16. The molecule has 20 heavy (non-hydrogen) atoms. The molecule has 0 aliphatic rings. The molecule has 0 amide bonds. The molecule has 0 aliphatic carbocycles. The molecule has 0 aromatic carbocycles. The Morgan fingerprint density at radius 1 is 1.45 bits per heavy atom. The van der Waals surface area contributed by atoms with Gasteiger partial charge in [0.2, 0.25) is 5.82 Å². The summed E-state index contributed by atoms with van der Waals surface area (Å²) < 4.78 is 1.71. The van der Waals surface area contributed by atoms with E-state index in [0.29, 0.717) is 30.5 Å². The van der Waals surface area contributed by atoms with Crippen LogP contribution in [0.3, 0.4) is 0 Å². The van der Waals surface area contributed by atoms with Crippen LogP contribution in [0.5, 0.6) is 0 Å². The van der Waals surface area contributed by atoms with Gasteiger partial charge >= 0.3 is 5.69 Å². The van der Waals surface area contributed by atoms with Crippen LogP contribution in [0.4, 0.5) is 11.5 Å². The number of aryl methyl sites for hydroxylation is 2. The molecule has 0 aliphatic heterocycles. The Hall–Kier alpha value is -1.59. The van der Waals surface area contributed by atoms with E-state index >= 15 is 0 Å². The molecule has 1 aromatic rings. The maximum Gasteiger partial charge on any atom is 0.333 e. The number of hydrogen-bond donors (Lipinski definition) is 1. The Balaban J connectivity index is 3.05. The molecule has 0 atom stereocenters. The number of nitro groups is 1. The van der Waals surface area contributed by atoms with E-state index in [2.05, 4.69) is 38.1 Å². The van der Waals surface area contributed by atoms with Crippen molar-refractivity contribution in [2.75, 3.05) is 11.9 Å². The lowest BCUT2D eigenvalue weighted by molar-refractivity contribution is -0.384. The Bertz CT molecular complexity index is 478. The zero-order valence-corrected chi connectivity index (χ0v) is 13.4. The summed E-state index contributed by atoms with van der Waals surface area (Å²) in [4.78, 5) is 10.9. The molecule has 0 radical (unpaired) electrons. The molecule has 0 unspecified atom stereocenters. The van der Waals surface area contributed by atoms with Crippen LogP contribution < -0.4 is 5.32 Å². The minimum Gasteiger partial charge on any atom is -0.364 e. The van der Waals surface area contributed by atoms with Crippen molar-refractivity contribution in [2.45, 2.75) is 54.5 Å². The van der Waals surface area contributed by atoms with E-state index in [1.807, 2.05) is 6.92 Å². The second-order valence-electron chi connectivity index (χ2n) is 6.26. The third-order valence-corrected chi connectivity index (χ3v) is 3.99. The quantitative estimate of drug-likeness (QED) is 0.612. The smallest absolute Gasteiger partial charge is 0.333 e. The van der Waals surface area contributed by atoms with Crippen LogP contribution >= 0.6 is 0 Å². The Labute approximate surface area is 120 Å². The highest BCUT2D eigenvalue weighted by Gasteiger charge is 2.28. The zero-order valence-electron chi connectivity index (χ0n) is 13.4. The predicted octanol–water partition coefficient (Wildman–Crippen LogP) is 3.60. The van der Waals surface area contributed by atoms with Crippen molar-refractivity contribution < 1.29 is 4.92 Å². The van der Waals surface area contributed by atoms with Crippen LogP contribution in [0.1, 0.15) is 46.7 Å². The lowest BCUT2D eigenvalue weighted by Gasteiger charge is -2.29. The van der Waals surface area contributed by atoms with Gasteiger partial charge in [-0.25, -0.2) is 4.68 Å².